The Hall–Kier alpha value is -4.13. The highest BCUT2D eigenvalue weighted by molar-refractivity contribution is 6.36. The van der Waals surface area contributed by atoms with Crippen molar-refractivity contribution >= 4 is 23.1 Å². The van der Waals surface area contributed by atoms with Gasteiger partial charge in [0.2, 0.25) is 0 Å². The first-order valence-corrected chi connectivity index (χ1v) is 11.1. The summed E-state index contributed by atoms with van der Waals surface area (Å²) in [5.41, 5.74) is 1.67. The number of imide groups is 1. The molecule has 0 spiro atoms. The number of para-hydroxylation sites is 2. The van der Waals surface area contributed by atoms with Gasteiger partial charge in [0.1, 0.15) is 23.0 Å². The van der Waals surface area contributed by atoms with E-state index in [9.17, 15) is 14.0 Å². The maximum atomic E-state index is 14.3. The van der Waals surface area contributed by atoms with Gasteiger partial charge < -0.3 is 14.8 Å². The van der Waals surface area contributed by atoms with Crippen molar-refractivity contribution < 1.29 is 23.5 Å². The minimum absolute atomic E-state index is 0.109. The largest absolute Gasteiger partial charge is 0.494 e. The summed E-state index contributed by atoms with van der Waals surface area (Å²) in [6.07, 6.45) is 0. The summed E-state index contributed by atoms with van der Waals surface area (Å²) in [6, 6.07) is 20.2. The van der Waals surface area contributed by atoms with Crippen molar-refractivity contribution in [3.8, 4) is 11.5 Å². The average molecular weight is 461 g/mol. The number of carbonyl (C=O) groups is 2. The molecule has 0 radical (unpaired) electrons. The van der Waals surface area contributed by atoms with Gasteiger partial charge in [-0.2, -0.15) is 0 Å². The van der Waals surface area contributed by atoms with Crippen LogP contribution in [0.15, 0.2) is 78.5 Å². The third kappa shape index (κ3) is 4.64. The second kappa shape index (κ2) is 10.2. The zero-order valence-corrected chi connectivity index (χ0v) is 19.0. The number of carbonyl (C=O) groups excluding carboxylic acids is 2. The van der Waals surface area contributed by atoms with E-state index < -0.39 is 17.6 Å². The molecule has 2 amide bonds. The van der Waals surface area contributed by atoms with Gasteiger partial charge in [0.15, 0.2) is 0 Å². The molecule has 0 aromatic heterocycles. The fraction of sp³-hybridized carbons (Fsp3) is 0.185. The Balaban J connectivity index is 1.75. The molecular weight excluding hydrogens is 435 g/mol. The molecule has 4 rings (SSSR count). The second-order valence-corrected chi connectivity index (χ2v) is 7.55. The molecule has 3 aromatic rings. The normalized spacial score (nSPS) is 13.4. The average Bonchev–Trinajstić information content (AvgIpc) is 3.07. The monoisotopic (exact) mass is 460 g/mol. The number of hydrogen-bond acceptors (Lipinski definition) is 5. The molecule has 34 heavy (non-hydrogen) atoms. The minimum atomic E-state index is -0.538. The fourth-order valence-corrected chi connectivity index (χ4v) is 3.77. The Kier molecular flexibility index (Phi) is 6.92. The lowest BCUT2D eigenvalue weighted by Gasteiger charge is -2.16. The predicted molar refractivity (Wildman–Crippen MR) is 128 cm³/mol. The van der Waals surface area contributed by atoms with Gasteiger partial charge in [-0.1, -0.05) is 42.5 Å². The lowest BCUT2D eigenvalue weighted by atomic mass is 10.0. The number of ether oxygens (including phenoxy) is 2. The highest BCUT2D eigenvalue weighted by Gasteiger charge is 2.39. The van der Waals surface area contributed by atoms with Gasteiger partial charge in [0, 0.05) is 5.56 Å². The Labute approximate surface area is 197 Å². The molecule has 1 aliphatic heterocycles. The quantitative estimate of drug-likeness (QED) is 0.455. The molecule has 0 bridgehead atoms. The van der Waals surface area contributed by atoms with Crippen molar-refractivity contribution in [1.29, 1.82) is 0 Å². The van der Waals surface area contributed by atoms with E-state index in [2.05, 4.69) is 5.32 Å². The van der Waals surface area contributed by atoms with Crippen LogP contribution in [0.4, 0.5) is 10.1 Å². The van der Waals surface area contributed by atoms with Crippen LogP contribution in [-0.4, -0.2) is 29.9 Å². The van der Waals surface area contributed by atoms with Gasteiger partial charge >= 0.3 is 0 Å². The van der Waals surface area contributed by atoms with E-state index in [4.69, 9.17) is 9.47 Å². The smallest absolute Gasteiger partial charge is 0.278 e. The van der Waals surface area contributed by atoms with E-state index in [1.165, 1.54) is 6.07 Å². The SMILES string of the molecule is CCOc1ccc(C2=C(Nc3ccccc3OCC)C(=O)N(Cc3ccccc3F)C2=O)cc1. The Morgan fingerprint density at radius 2 is 1.50 bits per heavy atom. The summed E-state index contributed by atoms with van der Waals surface area (Å²) in [5, 5.41) is 3.11. The number of nitrogens with zero attached hydrogens (tertiary/aromatic N) is 1. The van der Waals surface area contributed by atoms with E-state index in [-0.39, 0.29) is 23.4 Å². The zero-order valence-electron chi connectivity index (χ0n) is 19.0. The molecule has 7 heteroatoms. The molecule has 0 saturated carbocycles. The van der Waals surface area contributed by atoms with Gasteiger partial charge in [-0.05, 0) is 49.7 Å². The highest BCUT2D eigenvalue weighted by atomic mass is 19.1. The van der Waals surface area contributed by atoms with E-state index in [1.54, 1.807) is 60.7 Å². The van der Waals surface area contributed by atoms with Crippen LogP contribution in [0.1, 0.15) is 25.0 Å². The van der Waals surface area contributed by atoms with Crippen molar-refractivity contribution in [3.63, 3.8) is 0 Å². The molecule has 0 fully saturated rings. The van der Waals surface area contributed by atoms with Crippen molar-refractivity contribution in [1.82, 2.24) is 4.90 Å². The third-order valence-electron chi connectivity index (χ3n) is 5.35. The van der Waals surface area contributed by atoms with Crippen LogP contribution in [0.25, 0.3) is 5.57 Å². The van der Waals surface area contributed by atoms with Crippen LogP contribution in [0.5, 0.6) is 11.5 Å². The van der Waals surface area contributed by atoms with Crippen molar-refractivity contribution in [2.24, 2.45) is 0 Å². The molecule has 0 saturated heterocycles. The fourth-order valence-electron chi connectivity index (χ4n) is 3.77. The molecule has 0 atom stereocenters. The van der Waals surface area contributed by atoms with Gasteiger partial charge in [0.25, 0.3) is 11.8 Å². The summed E-state index contributed by atoms with van der Waals surface area (Å²) in [5.74, 6) is -0.314. The molecular formula is C27H25FN2O4. The van der Waals surface area contributed by atoms with E-state index in [0.29, 0.717) is 36.0 Å². The van der Waals surface area contributed by atoms with Gasteiger partial charge in [0.05, 0.1) is 31.0 Å². The maximum Gasteiger partial charge on any atom is 0.278 e. The molecule has 0 unspecified atom stereocenters. The van der Waals surface area contributed by atoms with Crippen molar-refractivity contribution in [3.05, 3.63) is 95.4 Å². The number of hydrogen-bond donors (Lipinski definition) is 1. The molecule has 1 heterocycles. The van der Waals surface area contributed by atoms with Crippen molar-refractivity contribution in [2.45, 2.75) is 20.4 Å². The van der Waals surface area contributed by atoms with Crippen LogP contribution in [0, 0.1) is 5.82 Å². The number of nitrogens with one attached hydrogen (secondary N) is 1. The Bertz CT molecular complexity index is 1240. The first-order valence-electron chi connectivity index (χ1n) is 11.1. The Morgan fingerprint density at radius 3 is 2.21 bits per heavy atom. The highest BCUT2D eigenvalue weighted by Crippen LogP contribution is 2.34. The summed E-state index contributed by atoms with van der Waals surface area (Å²) in [7, 11) is 0. The van der Waals surface area contributed by atoms with E-state index in [1.807, 2.05) is 19.9 Å². The second-order valence-electron chi connectivity index (χ2n) is 7.55. The van der Waals surface area contributed by atoms with Crippen LogP contribution >= 0.6 is 0 Å². The van der Waals surface area contributed by atoms with Crippen LogP contribution < -0.4 is 14.8 Å². The molecule has 3 aromatic carbocycles. The van der Waals surface area contributed by atoms with Gasteiger partial charge in [-0.25, -0.2) is 4.39 Å². The Morgan fingerprint density at radius 1 is 0.824 bits per heavy atom. The number of halogens is 1. The first kappa shape index (κ1) is 23.0. The molecule has 0 aliphatic carbocycles. The summed E-state index contributed by atoms with van der Waals surface area (Å²) in [6.45, 7) is 4.52. The summed E-state index contributed by atoms with van der Waals surface area (Å²) < 4.78 is 25.5. The van der Waals surface area contributed by atoms with E-state index in [0.717, 1.165) is 4.90 Å². The summed E-state index contributed by atoms with van der Waals surface area (Å²) >= 11 is 0. The lowest BCUT2D eigenvalue weighted by molar-refractivity contribution is -0.137. The van der Waals surface area contributed by atoms with Crippen LogP contribution in [0.2, 0.25) is 0 Å². The van der Waals surface area contributed by atoms with Crippen LogP contribution in [-0.2, 0) is 16.1 Å². The van der Waals surface area contributed by atoms with Crippen LogP contribution in [0.3, 0.4) is 0 Å². The number of anilines is 1. The lowest BCUT2D eigenvalue weighted by Crippen LogP contribution is -2.32. The standard InChI is InChI=1S/C27H25FN2O4/c1-3-33-20-15-13-18(14-16-20)24-25(29-22-11-7-8-12-23(22)34-4-2)27(32)30(26(24)31)17-19-9-5-6-10-21(19)28/h5-16,29H,3-4,17H2,1-2H3. The van der Waals surface area contributed by atoms with E-state index >= 15 is 0 Å². The number of rotatable bonds is 9. The molecule has 174 valence electrons. The van der Waals surface area contributed by atoms with Crippen molar-refractivity contribution in [2.75, 3.05) is 18.5 Å². The first-order chi connectivity index (χ1) is 16.5. The topological polar surface area (TPSA) is 67.9 Å². The molecule has 1 N–H and O–H groups in total. The number of amides is 2. The zero-order chi connectivity index (χ0) is 24.1. The number of benzene rings is 3. The van der Waals surface area contributed by atoms with Gasteiger partial charge in [-0.15, -0.1) is 0 Å². The van der Waals surface area contributed by atoms with Gasteiger partial charge in [-0.3, -0.25) is 14.5 Å². The maximum absolute atomic E-state index is 14.3. The predicted octanol–water partition coefficient (Wildman–Crippen LogP) is 5.02. The summed E-state index contributed by atoms with van der Waals surface area (Å²) in [4.78, 5) is 28.0. The molecule has 1 aliphatic rings. The molecule has 6 nitrogen and oxygen atoms in total. The minimum Gasteiger partial charge on any atom is -0.494 e. The third-order valence-corrected chi connectivity index (χ3v) is 5.35.